The van der Waals surface area contributed by atoms with Gasteiger partial charge < -0.3 is 0 Å². The largest absolute Gasteiger partial charge is 0.299 e. The number of hydrogen-bond acceptors (Lipinski definition) is 1. The van der Waals surface area contributed by atoms with Crippen molar-refractivity contribution >= 4 is 12.4 Å². The Morgan fingerprint density at radius 3 is 2.35 bits per heavy atom. The van der Waals surface area contributed by atoms with Crippen LogP contribution in [0, 0.1) is 6.92 Å². The molecule has 0 unspecified atom stereocenters. The zero-order chi connectivity index (χ0) is 12.1. The van der Waals surface area contributed by atoms with Crippen molar-refractivity contribution < 1.29 is 4.79 Å². The van der Waals surface area contributed by atoms with Crippen LogP contribution in [0.1, 0.15) is 11.1 Å². The first-order valence-electron chi connectivity index (χ1n) is 5.59. The fraction of sp³-hybridized carbons (Fsp3) is 0.0625. The second-order valence-corrected chi connectivity index (χ2v) is 3.95. The molecule has 0 bridgehead atoms. The smallest absolute Gasteiger partial charge is 0.142 e. The number of benzene rings is 2. The molecule has 1 nitrogen and oxygen atoms in total. The molecule has 0 aromatic heterocycles. The van der Waals surface area contributed by atoms with Gasteiger partial charge in [0.05, 0.1) is 0 Å². The highest BCUT2D eigenvalue weighted by molar-refractivity contribution is 5.81. The zero-order valence-corrected chi connectivity index (χ0v) is 9.76. The zero-order valence-electron chi connectivity index (χ0n) is 9.76. The molecule has 0 aliphatic heterocycles. The third kappa shape index (κ3) is 2.70. The van der Waals surface area contributed by atoms with Crippen LogP contribution in [0.2, 0.25) is 0 Å². The van der Waals surface area contributed by atoms with Crippen molar-refractivity contribution in [2.45, 2.75) is 6.92 Å². The van der Waals surface area contributed by atoms with E-state index in [1.807, 2.05) is 24.3 Å². The summed E-state index contributed by atoms with van der Waals surface area (Å²) < 4.78 is 0. The van der Waals surface area contributed by atoms with Crippen LogP contribution in [0.15, 0.2) is 54.6 Å². The van der Waals surface area contributed by atoms with Crippen molar-refractivity contribution in [1.82, 2.24) is 0 Å². The van der Waals surface area contributed by atoms with E-state index in [1.54, 1.807) is 0 Å². The number of carbonyl (C=O) groups is 1. The van der Waals surface area contributed by atoms with Crippen LogP contribution in [0.25, 0.3) is 17.2 Å². The summed E-state index contributed by atoms with van der Waals surface area (Å²) in [7, 11) is 0. The molecule has 0 saturated carbocycles. The van der Waals surface area contributed by atoms with Gasteiger partial charge in [0, 0.05) is 0 Å². The molecule has 2 aromatic carbocycles. The maximum atomic E-state index is 10.4. The Morgan fingerprint density at radius 2 is 1.65 bits per heavy atom. The lowest BCUT2D eigenvalue weighted by Crippen LogP contribution is -1.83. The van der Waals surface area contributed by atoms with Gasteiger partial charge in [-0.2, -0.15) is 0 Å². The molecule has 0 spiro atoms. The fourth-order valence-corrected chi connectivity index (χ4v) is 1.78. The van der Waals surface area contributed by atoms with Crippen molar-refractivity contribution in [3.8, 4) is 11.1 Å². The molecule has 84 valence electrons. The molecule has 0 aliphatic carbocycles. The molecule has 0 saturated heterocycles. The lowest BCUT2D eigenvalue weighted by atomic mass is 9.98. The molecule has 0 N–H and O–H groups in total. The summed E-state index contributed by atoms with van der Waals surface area (Å²) in [5.74, 6) is 0. The van der Waals surface area contributed by atoms with E-state index >= 15 is 0 Å². The van der Waals surface area contributed by atoms with Gasteiger partial charge in [-0.25, -0.2) is 0 Å². The van der Waals surface area contributed by atoms with E-state index in [0.717, 1.165) is 17.4 Å². The minimum Gasteiger partial charge on any atom is -0.299 e. The van der Waals surface area contributed by atoms with Gasteiger partial charge >= 0.3 is 0 Å². The van der Waals surface area contributed by atoms with Crippen LogP contribution in [-0.4, -0.2) is 6.29 Å². The molecule has 1 heteroatoms. The normalized spacial score (nSPS) is 10.6. The maximum absolute atomic E-state index is 10.4. The molecular formula is C16H14O. The van der Waals surface area contributed by atoms with Crippen LogP contribution < -0.4 is 0 Å². The molecule has 0 heterocycles. The summed E-state index contributed by atoms with van der Waals surface area (Å²) in [6.07, 6.45) is 4.15. The van der Waals surface area contributed by atoms with Crippen molar-refractivity contribution in [3.63, 3.8) is 0 Å². The van der Waals surface area contributed by atoms with E-state index in [1.165, 1.54) is 17.2 Å². The van der Waals surface area contributed by atoms with Gasteiger partial charge in [0.1, 0.15) is 6.29 Å². The van der Waals surface area contributed by atoms with Crippen LogP contribution in [0.3, 0.4) is 0 Å². The van der Waals surface area contributed by atoms with Crippen molar-refractivity contribution in [2.24, 2.45) is 0 Å². The highest BCUT2D eigenvalue weighted by atomic mass is 16.1. The molecule has 0 atom stereocenters. The van der Waals surface area contributed by atoms with Gasteiger partial charge in [-0.05, 0) is 29.7 Å². The highest BCUT2D eigenvalue weighted by Gasteiger charge is 2.01. The van der Waals surface area contributed by atoms with E-state index in [0.29, 0.717) is 0 Å². The van der Waals surface area contributed by atoms with Gasteiger partial charge in [0.25, 0.3) is 0 Å². The summed E-state index contributed by atoms with van der Waals surface area (Å²) in [4.78, 5) is 10.4. The van der Waals surface area contributed by atoms with Crippen molar-refractivity contribution in [3.05, 3.63) is 65.7 Å². The summed E-state index contributed by atoms with van der Waals surface area (Å²) in [5, 5.41) is 0. The second kappa shape index (κ2) is 5.26. The van der Waals surface area contributed by atoms with Gasteiger partial charge in [-0.1, -0.05) is 60.2 Å². The Labute approximate surface area is 101 Å². The Kier molecular flexibility index (Phi) is 3.51. The SMILES string of the molecule is Cc1ccc(-c2ccccc2C=CC=O)cc1. The Bertz CT molecular complexity index is 536. The summed E-state index contributed by atoms with van der Waals surface area (Å²) in [6, 6.07) is 16.4. The van der Waals surface area contributed by atoms with Crippen molar-refractivity contribution in [2.75, 3.05) is 0 Å². The Balaban J connectivity index is 2.47. The topological polar surface area (TPSA) is 17.1 Å². The number of hydrogen-bond donors (Lipinski definition) is 0. The first-order chi connectivity index (χ1) is 8.31. The number of aryl methyl sites for hydroxylation is 1. The maximum Gasteiger partial charge on any atom is 0.142 e. The van der Waals surface area contributed by atoms with Crippen LogP contribution in [-0.2, 0) is 4.79 Å². The Hall–Kier alpha value is -2.15. The molecular weight excluding hydrogens is 208 g/mol. The van der Waals surface area contributed by atoms with Gasteiger partial charge in [0.2, 0.25) is 0 Å². The van der Waals surface area contributed by atoms with E-state index in [4.69, 9.17) is 0 Å². The monoisotopic (exact) mass is 222 g/mol. The molecule has 0 fully saturated rings. The molecule has 0 radical (unpaired) electrons. The highest BCUT2D eigenvalue weighted by Crippen LogP contribution is 2.24. The van der Waals surface area contributed by atoms with Gasteiger partial charge in [-0.15, -0.1) is 0 Å². The molecule has 2 rings (SSSR count). The van der Waals surface area contributed by atoms with E-state index < -0.39 is 0 Å². The van der Waals surface area contributed by atoms with Crippen LogP contribution in [0.4, 0.5) is 0 Å². The summed E-state index contributed by atoms with van der Waals surface area (Å²) >= 11 is 0. The lowest BCUT2D eigenvalue weighted by Gasteiger charge is -2.06. The van der Waals surface area contributed by atoms with E-state index in [-0.39, 0.29) is 0 Å². The third-order valence-electron chi connectivity index (χ3n) is 2.68. The van der Waals surface area contributed by atoms with Gasteiger partial charge in [0.15, 0.2) is 0 Å². The quantitative estimate of drug-likeness (QED) is 0.569. The summed E-state index contributed by atoms with van der Waals surface area (Å²) in [6.45, 7) is 2.07. The minimum absolute atomic E-state index is 0.798. The molecule has 0 amide bonds. The number of rotatable bonds is 3. The molecule has 17 heavy (non-hydrogen) atoms. The van der Waals surface area contributed by atoms with E-state index in [9.17, 15) is 4.79 Å². The predicted molar refractivity (Wildman–Crippen MR) is 71.7 cm³/mol. The van der Waals surface area contributed by atoms with Crippen LogP contribution >= 0.6 is 0 Å². The van der Waals surface area contributed by atoms with E-state index in [2.05, 4.69) is 37.3 Å². The first kappa shape index (κ1) is 11.3. The number of carbonyl (C=O) groups excluding carboxylic acids is 1. The molecule has 0 aliphatic rings. The van der Waals surface area contributed by atoms with Crippen LogP contribution in [0.5, 0.6) is 0 Å². The fourth-order valence-electron chi connectivity index (χ4n) is 1.78. The van der Waals surface area contributed by atoms with Gasteiger partial charge in [-0.3, -0.25) is 4.79 Å². The standard InChI is InChI=1S/C16H14O/c1-13-8-10-15(11-9-13)16-7-3-2-5-14(16)6-4-12-17/h2-12H,1H3. The van der Waals surface area contributed by atoms with Crippen molar-refractivity contribution in [1.29, 1.82) is 0 Å². The number of allylic oxidation sites excluding steroid dienone is 1. The summed E-state index contributed by atoms with van der Waals surface area (Å²) in [5.41, 5.74) is 4.62. The average molecular weight is 222 g/mol. The Morgan fingerprint density at radius 1 is 0.941 bits per heavy atom. The number of aldehydes is 1. The molecule has 2 aromatic rings. The first-order valence-corrected chi connectivity index (χ1v) is 5.59. The predicted octanol–water partition coefficient (Wildman–Crippen LogP) is 3.87. The minimum atomic E-state index is 0.798. The second-order valence-electron chi connectivity index (χ2n) is 3.95. The average Bonchev–Trinajstić information content (AvgIpc) is 2.38. The third-order valence-corrected chi connectivity index (χ3v) is 2.68. The lowest BCUT2D eigenvalue weighted by molar-refractivity contribution is -0.104.